The van der Waals surface area contributed by atoms with E-state index in [0.717, 1.165) is 24.3 Å². The van der Waals surface area contributed by atoms with Gasteiger partial charge >= 0.3 is 18.0 Å². The molecule has 0 unspecified atom stereocenters. The predicted molar refractivity (Wildman–Crippen MR) is 51.5 cm³/mol. The number of carboxylic acid groups (broad SMARTS) is 1. The Kier molecular flexibility index (Phi) is 4.21. The van der Waals surface area contributed by atoms with Crippen molar-refractivity contribution < 1.29 is 41.0 Å². The first-order valence-corrected chi connectivity index (χ1v) is 5.07. The second-order valence-corrected chi connectivity index (χ2v) is 3.79. The minimum absolute atomic E-state index is 0.761. The molecular weight excluding hydrogens is 294 g/mol. The van der Waals surface area contributed by atoms with Gasteiger partial charge in [0, 0.05) is 12.4 Å². The fraction of sp³-hybridized carbons (Fsp3) is 0.364. The van der Waals surface area contributed by atoms with Crippen LogP contribution in [0.2, 0.25) is 0 Å². The van der Waals surface area contributed by atoms with Crippen LogP contribution in [0.25, 0.3) is 0 Å². The zero-order valence-electron chi connectivity index (χ0n) is 9.59. The Bertz CT molecular complexity index is 451. The molecule has 0 saturated carbocycles. The summed E-state index contributed by atoms with van der Waals surface area (Å²) in [5, 5.41) is 10.3. The SMILES string of the molecule is O=C([O-])CC(Oc1ccccc1)(C(F)(F)F)C(F)(F)F. The van der Waals surface area contributed by atoms with Crippen molar-refractivity contribution in [1.29, 1.82) is 0 Å². The molecule has 0 spiro atoms. The summed E-state index contributed by atoms with van der Waals surface area (Å²) in [6.45, 7) is 0. The smallest absolute Gasteiger partial charge is 0.437 e. The lowest BCUT2D eigenvalue weighted by Crippen LogP contribution is -2.63. The van der Waals surface area contributed by atoms with Gasteiger partial charge in [0.2, 0.25) is 0 Å². The molecule has 1 aromatic rings. The lowest BCUT2D eigenvalue weighted by molar-refractivity contribution is -0.371. The zero-order valence-corrected chi connectivity index (χ0v) is 9.59. The van der Waals surface area contributed by atoms with Gasteiger partial charge < -0.3 is 14.6 Å². The number of carboxylic acids is 1. The first-order valence-electron chi connectivity index (χ1n) is 5.07. The van der Waals surface area contributed by atoms with E-state index in [1.54, 1.807) is 0 Å². The van der Waals surface area contributed by atoms with Gasteiger partial charge in [-0.25, -0.2) is 0 Å². The molecule has 112 valence electrons. The minimum Gasteiger partial charge on any atom is -0.550 e. The number of para-hydroxylation sites is 1. The van der Waals surface area contributed by atoms with Crippen molar-refractivity contribution in [3.05, 3.63) is 30.3 Å². The number of alkyl halides is 6. The normalized spacial score (nSPS) is 13.1. The first-order chi connectivity index (χ1) is 8.99. The zero-order chi connectivity index (χ0) is 15.6. The summed E-state index contributed by atoms with van der Waals surface area (Å²) in [6.07, 6.45) is -14.4. The van der Waals surface area contributed by atoms with E-state index in [1.807, 2.05) is 0 Å². The van der Waals surface area contributed by atoms with Crippen molar-refractivity contribution in [3.63, 3.8) is 0 Å². The van der Waals surface area contributed by atoms with Crippen LogP contribution in [0.4, 0.5) is 26.3 Å². The fourth-order valence-electron chi connectivity index (χ4n) is 1.41. The van der Waals surface area contributed by atoms with Crippen LogP contribution in [0, 0.1) is 0 Å². The Hall–Kier alpha value is -1.93. The van der Waals surface area contributed by atoms with Crippen molar-refractivity contribution in [2.75, 3.05) is 0 Å². The Balaban J connectivity index is 3.34. The van der Waals surface area contributed by atoms with Crippen LogP contribution in [0.5, 0.6) is 5.75 Å². The number of benzene rings is 1. The first kappa shape index (κ1) is 16.1. The topological polar surface area (TPSA) is 49.4 Å². The maximum Gasteiger partial charge on any atom is 0.437 e. The summed E-state index contributed by atoms with van der Waals surface area (Å²) in [6, 6.07) is 5.33. The molecule has 0 fully saturated rings. The molecule has 0 amide bonds. The molecule has 1 aromatic carbocycles. The largest absolute Gasteiger partial charge is 0.550 e. The summed E-state index contributed by atoms with van der Waals surface area (Å²) in [5.41, 5.74) is -4.86. The van der Waals surface area contributed by atoms with E-state index < -0.39 is 36.1 Å². The Morgan fingerprint density at radius 2 is 1.45 bits per heavy atom. The predicted octanol–water partition coefficient (Wildman–Crippen LogP) is 2.07. The van der Waals surface area contributed by atoms with Gasteiger partial charge in [0.15, 0.2) is 0 Å². The van der Waals surface area contributed by atoms with Gasteiger partial charge in [0.25, 0.3) is 0 Å². The molecule has 0 saturated heterocycles. The Morgan fingerprint density at radius 3 is 1.80 bits per heavy atom. The number of halogens is 6. The third kappa shape index (κ3) is 3.14. The number of hydrogen-bond acceptors (Lipinski definition) is 3. The maximum atomic E-state index is 12.8. The molecule has 0 bridgehead atoms. The van der Waals surface area contributed by atoms with Gasteiger partial charge in [-0.3, -0.25) is 0 Å². The molecule has 0 radical (unpaired) electrons. The standard InChI is InChI=1S/C11H8F6O3/c12-10(13,14)9(6-8(18)19,11(15,16)17)20-7-4-2-1-3-5-7/h1-5H,6H2,(H,18,19)/p-1. The van der Waals surface area contributed by atoms with Crippen LogP contribution >= 0.6 is 0 Å². The highest BCUT2D eigenvalue weighted by Crippen LogP contribution is 2.48. The van der Waals surface area contributed by atoms with Gasteiger partial charge in [0.05, 0.1) is 0 Å². The summed E-state index contributed by atoms with van der Waals surface area (Å²) in [4.78, 5) is 10.3. The van der Waals surface area contributed by atoms with E-state index in [-0.39, 0.29) is 0 Å². The highest BCUT2D eigenvalue weighted by molar-refractivity contribution is 5.66. The molecule has 0 aromatic heterocycles. The average Bonchev–Trinajstić information content (AvgIpc) is 2.25. The van der Waals surface area contributed by atoms with E-state index >= 15 is 0 Å². The number of ether oxygens (including phenoxy) is 1. The summed E-state index contributed by atoms with van der Waals surface area (Å²) in [7, 11) is 0. The number of rotatable bonds is 4. The highest BCUT2D eigenvalue weighted by Gasteiger charge is 2.73. The third-order valence-corrected chi connectivity index (χ3v) is 2.34. The Labute approximate surface area is 108 Å². The van der Waals surface area contributed by atoms with E-state index in [4.69, 9.17) is 0 Å². The van der Waals surface area contributed by atoms with Crippen LogP contribution in [0.15, 0.2) is 30.3 Å². The lowest BCUT2D eigenvalue weighted by atomic mass is 9.97. The van der Waals surface area contributed by atoms with Crippen LogP contribution in [-0.2, 0) is 4.79 Å². The van der Waals surface area contributed by atoms with Crippen molar-refractivity contribution in [1.82, 2.24) is 0 Å². The lowest BCUT2D eigenvalue weighted by Gasteiger charge is -2.37. The maximum absolute atomic E-state index is 12.8. The summed E-state index contributed by atoms with van der Waals surface area (Å²) < 4.78 is 80.7. The molecule has 9 heteroatoms. The van der Waals surface area contributed by atoms with Crippen LogP contribution < -0.4 is 9.84 Å². The molecule has 0 N–H and O–H groups in total. The van der Waals surface area contributed by atoms with Gasteiger partial charge in [0.1, 0.15) is 5.75 Å². The molecular formula is C11H7F6O3-. The minimum atomic E-state index is -5.98. The molecule has 3 nitrogen and oxygen atoms in total. The highest BCUT2D eigenvalue weighted by atomic mass is 19.4. The van der Waals surface area contributed by atoms with Crippen LogP contribution in [0.1, 0.15) is 6.42 Å². The quantitative estimate of drug-likeness (QED) is 0.800. The van der Waals surface area contributed by atoms with E-state index in [0.29, 0.717) is 0 Å². The van der Waals surface area contributed by atoms with Gasteiger partial charge in [-0.2, -0.15) is 26.3 Å². The second kappa shape index (κ2) is 5.22. The molecule has 0 atom stereocenters. The van der Waals surface area contributed by atoms with Crippen molar-refractivity contribution in [2.45, 2.75) is 24.4 Å². The second-order valence-electron chi connectivity index (χ2n) is 3.79. The monoisotopic (exact) mass is 301 g/mol. The van der Waals surface area contributed by atoms with E-state index in [9.17, 15) is 36.2 Å². The van der Waals surface area contributed by atoms with E-state index in [1.165, 1.54) is 6.07 Å². The van der Waals surface area contributed by atoms with Crippen LogP contribution in [0.3, 0.4) is 0 Å². The number of carbonyl (C=O) groups is 1. The summed E-state index contributed by atoms with van der Waals surface area (Å²) in [5.74, 6) is -3.29. The average molecular weight is 301 g/mol. The van der Waals surface area contributed by atoms with Gasteiger partial charge in [-0.15, -0.1) is 0 Å². The number of hydrogen-bond donors (Lipinski definition) is 0. The Morgan fingerprint density at radius 1 is 1.00 bits per heavy atom. The fourth-order valence-corrected chi connectivity index (χ4v) is 1.41. The molecule has 0 aliphatic heterocycles. The van der Waals surface area contributed by atoms with Crippen molar-refractivity contribution in [3.8, 4) is 5.75 Å². The molecule has 0 aliphatic rings. The van der Waals surface area contributed by atoms with Crippen molar-refractivity contribution in [2.24, 2.45) is 0 Å². The molecule has 0 aliphatic carbocycles. The molecule has 0 heterocycles. The number of carbonyl (C=O) groups excluding carboxylic acids is 1. The molecule has 20 heavy (non-hydrogen) atoms. The molecule has 1 rings (SSSR count). The van der Waals surface area contributed by atoms with Crippen molar-refractivity contribution >= 4 is 5.97 Å². The van der Waals surface area contributed by atoms with E-state index in [2.05, 4.69) is 4.74 Å². The van der Waals surface area contributed by atoms with Crippen LogP contribution in [-0.4, -0.2) is 23.9 Å². The van der Waals surface area contributed by atoms with Gasteiger partial charge in [-0.1, -0.05) is 18.2 Å². The van der Waals surface area contributed by atoms with Gasteiger partial charge in [-0.05, 0) is 12.1 Å². The number of aliphatic carboxylic acids is 1. The third-order valence-electron chi connectivity index (χ3n) is 2.34. The summed E-state index contributed by atoms with van der Waals surface area (Å²) >= 11 is 0.